The van der Waals surface area contributed by atoms with Crippen molar-refractivity contribution in [3.8, 4) is 0 Å². The summed E-state index contributed by atoms with van der Waals surface area (Å²) in [5.74, 6) is 0. The van der Waals surface area contributed by atoms with Gasteiger partial charge in [-0.1, -0.05) is 13.8 Å². The average molecular weight is 241 g/mol. The highest BCUT2D eigenvalue weighted by atomic mass is 16.5. The maximum absolute atomic E-state index is 11.0. The van der Waals surface area contributed by atoms with E-state index >= 15 is 0 Å². The fraction of sp³-hybridized carbons (Fsp3) is 1.00. The van der Waals surface area contributed by atoms with Crippen LogP contribution in [0.1, 0.15) is 52.9 Å². The first kappa shape index (κ1) is 13.3. The van der Waals surface area contributed by atoms with E-state index in [1.54, 1.807) is 0 Å². The Bertz CT molecular complexity index is 280. The van der Waals surface area contributed by atoms with Crippen LogP contribution in [-0.2, 0) is 4.74 Å². The number of aliphatic hydroxyl groups is 1. The normalized spacial score (nSPS) is 40.4. The molecule has 3 heteroatoms. The highest BCUT2D eigenvalue weighted by Crippen LogP contribution is 2.53. The summed E-state index contributed by atoms with van der Waals surface area (Å²) in [6.07, 6.45) is 5.03. The van der Waals surface area contributed by atoms with Crippen molar-refractivity contribution in [3.63, 3.8) is 0 Å². The Morgan fingerprint density at radius 3 is 2.18 bits per heavy atom. The molecule has 0 aromatic carbocycles. The predicted octanol–water partition coefficient (Wildman–Crippen LogP) is 2.07. The topological polar surface area (TPSA) is 55.5 Å². The molecule has 0 spiro atoms. The van der Waals surface area contributed by atoms with E-state index in [1.807, 2.05) is 6.92 Å². The number of ether oxygens (including phenoxy) is 1. The SMILES string of the molecule is CC1OCCC1(O)C1(CN)CCC(C)(C)CC1. The molecule has 100 valence electrons. The molecule has 3 nitrogen and oxygen atoms in total. The fourth-order valence-electron chi connectivity index (χ4n) is 3.65. The van der Waals surface area contributed by atoms with E-state index in [4.69, 9.17) is 10.5 Å². The van der Waals surface area contributed by atoms with E-state index in [1.165, 1.54) is 0 Å². The third-order valence-corrected chi connectivity index (χ3v) is 5.39. The third-order valence-electron chi connectivity index (χ3n) is 5.39. The summed E-state index contributed by atoms with van der Waals surface area (Å²) in [4.78, 5) is 0. The maximum atomic E-state index is 11.0. The van der Waals surface area contributed by atoms with Gasteiger partial charge in [0.15, 0.2) is 0 Å². The van der Waals surface area contributed by atoms with Crippen LogP contribution in [-0.4, -0.2) is 30.0 Å². The molecular weight excluding hydrogens is 214 g/mol. The summed E-state index contributed by atoms with van der Waals surface area (Å²) in [6.45, 7) is 7.86. The quantitative estimate of drug-likeness (QED) is 0.778. The number of hydrogen-bond acceptors (Lipinski definition) is 3. The van der Waals surface area contributed by atoms with Gasteiger partial charge in [-0.25, -0.2) is 0 Å². The molecule has 2 atom stereocenters. The number of rotatable bonds is 2. The Hall–Kier alpha value is -0.120. The van der Waals surface area contributed by atoms with Gasteiger partial charge in [0.25, 0.3) is 0 Å². The minimum absolute atomic E-state index is 0.0766. The lowest BCUT2D eigenvalue weighted by molar-refractivity contribution is -0.140. The number of nitrogens with two attached hydrogens (primary N) is 1. The van der Waals surface area contributed by atoms with Gasteiger partial charge in [0, 0.05) is 25.0 Å². The standard InChI is InChI=1S/C14H27NO2/c1-11-14(16,8-9-17-11)13(10-15)6-4-12(2,3)5-7-13/h11,16H,4-10,15H2,1-3H3. The van der Waals surface area contributed by atoms with Crippen molar-refractivity contribution in [1.82, 2.24) is 0 Å². The van der Waals surface area contributed by atoms with E-state index in [9.17, 15) is 5.11 Å². The van der Waals surface area contributed by atoms with Crippen LogP contribution < -0.4 is 5.73 Å². The van der Waals surface area contributed by atoms with Crippen molar-refractivity contribution >= 4 is 0 Å². The minimum Gasteiger partial charge on any atom is -0.386 e. The van der Waals surface area contributed by atoms with Crippen LogP contribution in [0.15, 0.2) is 0 Å². The molecule has 1 heterocycles. The van der Waals surface area contributed by atoms with Crippen LogP contribution in [0.2, 0.25) is 0 Å². The van der Waals surface area contributed by atoms with Gasteiger partial charge < -0.3 is 15.6 Å². The molecule has 1 aliphatic heterocycles. The average Bonchev–Trinajstić information content (AvgIpc) is 2.61. The van der Waals surface area contributed by atoms with Crippen molar-refractivity contribution < 1.29 is 9.84 Å². The zero-order valence-corrected chi connectivity index (χ0v) is 11.5. The smallest absolute Gasteiger partial charge is 0.0995 e. The first-order valence-corrected chi connectivity index (χ1v) is 6.89. The Balaban J connectivity index is 2.21. The van der Waals surface area contributed by atoms with Crippen molar-refractivity contribution in [1.29, 1.82) is 0 Å². The van der Waals surface area contributed by atoms with Gasteiger partial charge >= 0.3 is 0 Å². The van der Waals surface area contributed by atoms with Gasteiger partial charge in [-0.15, -0.1) is 0 Å². The van der Waals surface area contributed by atoms with Crippen LogP contribution in [0.3, 0.4) is 0 Å². The molecular formula is C14H27NO2. The van der Waals surface area contributed by atoms with Crippen LogP contribution >= 0.6 is 0 Å². The fourth-order valence-corrected chi connectivity index (χ4v) is 3.65. The van der Waals surface area contributed by atoms with E-state index < -0.39 is 5.60 Å². The lowest BCUT2D eigenvalue weighted by Gasteiger charge is -2.52. The summed E-state index contributed by atoms with van der Waals surface area (Å²) >= 11 is 0. The third kappa shape index (κ3) is 2.02. The monoisotopic (exact) mass is 241 g/mol. The van der Waals surface area contributed by atoms with Crippen LogP contribution in [0.4, 0.5) is 0 Å². The maximum Gasteiger partial charge on any atom is 0.0995 e. The summed E-state index contributed by atoms with van der Waals surface area (Å²) < 4.78 is 5.59. The van der Waals surface area contributed by atoms with E-state index in [0.717, 1.165) is 32.1 Å². The second-order valence-corrected chi connectivity index (χ2v) is 6.84. The molecule has 0 aromatic rings. The van der Waals surface area contributed by atoms with E-state index in [-0.39, 0.29) is 11.5 Å². The molecule has 1 saturated carbocycles. The van der Waals surface area contributed by atoms with Crippen LogP contribution in [0.5, 0.6) is 0 Å². The molecule has 0 amide bonds. The van der Waals surface area contributed by atoms with E-state index in [2.05, 4.69) is 13.8 Å². The Morgan fingerprint density at radius 2 is 1.76 bits per heavy atom. The predicted molar refractivity (Wildman–Crippen MR) is 68.7 cm³/mol. The molecule has 2 aliphatic rings. The Morgan fingerprint density at radius 1 is 1.18 bits per heavy atom. The zero-order chi connectivity index (χ0) is 12.7. The van der Waals surface area contributed by atoms with Gasteiger partial charge in [0.2, 0.25) is 0 Å². The molecule has 2 unspecified atom stereocenters. The second kappa shape index (κ2) is 4.22. The molecule has 1 aliphatic carbocycles. The van der Waals surface area contributed by atoms with Gasteiger partial charge in [-0.2, -0.15) is 0 Å². The first-order valence-electron chi connectivity index (χ1n) is 6.89. The minimum atomic E-state index is -0.710. The van der Waals surface area contributed by atoms with Crippen molar-refractivity contribution in [2.45, 2.75) is 64.6 Å². The zero-order valence-electron chi connectivity index (χ0n) is 11.5. The molecule has 0 aromatic heterocycles. The lowest BCUT2D eigenvalue weighted by Crippen LogP contribution is -2.58. The Kier molecular flexibility index (Phi) is 3.30. The summed E-state index contributed by atoms with van der Waals surface area (Å²) in [5.41, 5.74) is 5.60. The Labute approximate surface area is 105 Å². The molecule has 3 N–H and O–H groups in total. The first-order chi connectivity index (χ1) is 7.85. The van der Waals surface area contributed by atoms with Crippen LogP contribution in [0.25, 0.3) is 0 Å². The molecule has 1 saturated heterocycles. The highest BCUT2D eigenvalue weighted by Gasteiger charge is 2.56. The van der Waals surface area contributed by atoms with E-state index in [0.29, 0.717) is 18.6 Å². The van der Waals surface area contributed by atoms with Crippen molar-refractivity contribution in [3.05, 3.63) is 0 Å². The second-order valence-electron chi connectivity index (χ2n) is 6.84. The lowest BCUT2D eigenvalue weighted by atomic mass is 9.56. The molecule has 2 rings (SSSR count). The summed E-state index contributed by atoms with van der Waals surface area (Å²) in [7, 11) is 0. The van der Waals surface area contributed by atoms with Crippen molar-refractivity contribution in [2.75, 3.05) is 13.2 Å². The molecule has 0 bridgehead atoms. The summed E-state index contributed by atoms with van der Waals surface area (Å²) in [5, 5.41) is 11.0. The van der Waals surface area contributed by atoms with Crippen molar-refractivity contribution in [2.24, 2.45) is 16.6 Å². The molecule has 0 radical (unpaired) electrons. The van der Waals surface area contributed by atoms with Gasteiger partial charge in [-0.3, -0.25) is 0 Å². The summed E-state index contributed by atoms with van der Waals surface area (Å²) in [6, 6.07) is 0. The number of hydrogen-bond donors (Lipinski definition) is 2. The molecule has 17 heavy (non-hydrogen) atoms. The largest absolute Gasteiger partial charge is 0.386 e. The van der Waals surface area contributed by atoms with Gasteiger partial charge in [0.1, 0.15) is 0 Å². The van der Waals surface area contributed by atoms with Crippen LogP contribution in [0, 0.1) is 10.8 Å². The molecule has 2 fully saturated rings. The highest BCUT2D eigenvalue weighted by molar-refractivity contribution is 5.08. The van der Waals surface area contributed by atoms with Gasteiger partial charge in [-0.05, 0) is 38.0 Å². The van der Waals surface area contributed by atoms with Gasteiger partial charge in [0.05, 0.1) is 11.7 Å².